The summed E-state index contributed by atoms with van der Waals surface area (Å²) in [5.74, 6) is -0.636. The maximum Gasteiger partial charge on any atom is 0.269 e. The molecule has 2 fully saturated rings. The number of fused-ring (bicyclic) bond motifs is 1. The number of hydrogen-bond acceptors (Lipinski definition) is 7. The van der Waals surface area contributed by atoms with E-state index in [1.165, 1.54) is 6.92 Å². The van der Waals surface area contributed by atoms with E-state index in [0.29, 0.717) is 12.5 Å². The van der Waals surface area contributed by atoms with E-state index in [-0.39, 0.29) is 28.2 Å². The van der Waals surface area contributed by atoms with Crippen molar-refractivity contribution in [3.05, 3.63) is 28.2 Å². The molecule has 4 rings (SSSR count). The van der Waals surface area contributed by atoms with E-state index < -0.39 is 83.2 Å². The highest BCUT2D eigenvalue weighted by Crippen LogP contribution is 2.39. The first kappa shape index (κ1) is 14.2. The van der Waals surface area contributed by atoms with Crippen LogP contribution < -0.4 is 10.9 Å². The normalized spacial score (nSPS) is 34.6. The third-order valence-electron chi connectivity index (χ3n) is 5.61. The molecule has 1 saturated heterocycles. The van der Waals surface area contributed by atoms with Crippen LogP contribution in [0.4, 0.5) is 14.7 Å². The van der Waals surface area contributed by atoms with Crippen LogP contribution in [-0.2, 0) is 10.0 Å². The largest absolute Gasteiger partial charge is 0.388 e. The Morgan fingerprint density at radius 2 is 2.19 bits per heavy atom. The molecule has 1 aliphatic heterocycles. The number of rotatable bonds is 5. The van der Waals surface area contributed by atoms with Gasteiger partial charge in [-0.1, -0.05) is 0 Å². The molecule has 0 unspecified atom stereocenters. The first-order valence-corrected chi connectivity index (χ1v) is 11.1. The summed E-state index contributed by atoms with van der Waals surface area (Å²) in [4.78, 5) is 21.1. The van der Waals surface area contributed by atoms with Crippen LogP contribution in [0.2, 0.25) is 0 Å². The van der Waals surface area contributed by atoms with E-state index >= 15 is 0 Å². The van der Waals surface area contributed by atoms with Gasteiger partial charge in [-0.05, 0) is 45.0 Å². The molecule has 2 aromatic rings. The molecule has 1 aliphatic carbocycles. The number of anilines is 1. The van der Waals surface area contributed by atoms with E-state index in [9.17, 15) is 27.1 Å². The lowest BCUT2D eigenvalue weighted by atomic mass is 9.99. The van der Waals surface area contributed by atoms with Crippen molar-refractivity contribution in [1.29, 1.82) is 0 Å². The summed E-state index contributed by atoms with van der Waals surface area (Å²) in [6, 6.07) is -3.38. The first-order chi connectivity index (χ1) is 18.4. The molecule has 9 nitrogen and oxygen atoms in total. The second-order valence-corrected chi connectivity index (χ2v) is 9.32. The van der Waals surface area contributed by atoms with Crippen LogP contribution in [0, 0.1) is 0 Å². The van der Waals surface area contributed by atoms with Gasteiger partial charge in [-0.2, -0.15) is 4.98 Å². The van der Waals surface area contributed by atoms with Gasteiger partial charge in [0.2, 0.25) is 16.0 Å². The zero-order valence-corrected chi connectivity index (χ0v) is 17.7. The minimum Gasteiger partial charge on any atom is -0.388 e. The van der Waals surface area contributed by atoms with Gasteiger partial charge in [-0.3, -0.25) is 9.36 Å². The van der Waals surface area contributed by atoms with E-state index in [4.69, 9.17) is 12.3 Å². The Morgan fingerprint density at radius 3 is 2.78 bits per heavy atom. The molecule has 176 valence electrons. The third kappa shape index (κ3) is 4.35. The standard InChI is InChI=1S/C20H27F2N5O4S/c1-20(29)7-3-4-15(20)27-17-12(10-14(16(21)22)18(27)28)11-23-19(25-17)24-13-5-8-26(9-6-13)32(2,30)31/h10-11,13,15-16,29H,3-9H2,1-2H3,(H,23,24,25)/t15-,20-/m0/s1/i2D3,5D2,6D2,13D,16D. The molecule has 0 amide bonds. The summed E-state index contributed by atoms with van der Waals surface area (Å²) in [5, 5.41) is 12.9. The monoisotopic (exact) mass is 480 g/mol. The minimum atomic E-state index is -5.17. The fourth-order valence-corrected chi connectivity index (χ4v) is 4.44. The van der Waals surface area contributed by atoms with Crippen LogP contribution >= 0.6 is 0 Å². The van der Waals surface area contributed by atoms with Gasteiger partial charge in [0.15, 0.2) is 0 Å². The highest BCUT2D eigenvalue weighted by molar-refractivity contribution is 7.88. The number of pyridine rings is 1. The van der Waals surface area contributed by atoms with Crippen molar-refractivity contribution >= 4 is 27.0 Å². The third-order valence-corrected chi connectivity index (χ3v) is 6.55. The van der Waals surface area contributed by atoms with Gasteiger partial charge in [0.05, 0.1) is 24.8 Å². The molecule has 2 aromatic heterocycles. The Balaban J connectivity index is 1.85. The van der Waals surface area contributed by atoms with Gasteiger partial charge < -0.3 is 10.4 Å². The van der Waals surface area contributed by atoms with E-state index in [1.54, 1.807) is 0 Å². The lowest BCUT2D eigenvalue weighted by molar-refractivity contribution is 0.0261. The maximum atomic E-state index is 14.0. The summed E-state index contributed by atoms with van der Waals surface area (Å²) >= 11 is 0. The summed E-state index contributed by atoms with van der Waals surface area (Å²) in [7, 11) is -5.17. The molecule has 0 radical (unpaired) electrons. The van der Waals surface area contributed by atoms with Gasteiger partial charge in [-0.15, -0.1) is 0 Å². The molecule has 2 N–H and O–H groups in total. The molecule has 32 heavy (non-hydrogen) atoms. The lowest BCUT2D eigenvalue weighted by Crippen LogP contribution is -2.42. The van der Waals surface area contributed by atoms with Crippen LogP contribution in [0.3, 0.4) is 0 Å². The predicted molar refractivity (Wildman–Crippen MR) is 115 cm³/mol. The van der Waals surface area contributed by atoms with Crippen LogP contribution in [0.15, 0.2) is 17.1 Å². The van der Waals surface area contributed by atoms with Gasteiger partial charge >= 0.3 is 0 Å². The number of nitrogens with zero attached hydrogens (tertiary/aromatic N) is 4. The zero-order chi connectivity index (χ0) is 31.2. The van der Waals surface area contributed by atoms with Crippen molar-refractivity contribution < 1.29 is 34.6 Å². The maximum absolute atomic E-state index is 14.0. The number of halogens is 2. The van der Waals surface area contributed by atoms with E-state index in [1.807, 2.05) is 0 Å². The van der Waals surface area contributed by atoms with Crippen molar-refractivity contribution in [1.82, 2.24) is 18.8 Å². The Hall–Kier alpha value is -2.18. The number of hydrogen-bond donors (Lipinski definition) is 2. The molecular formula is C20H27F2N5O4S. The quantitative estimate of drug-likeness (QED) is 0.672. The van der Waals surface area contributed by atoms with Gasteiger partial charge in [-0.25, -0.2) is 26.5 Å². The second kappa shape index (κ2) is 8.31. The number of alkyl halides is 2. The average molecular weight is 481 g/mol. The molecule has 0 spiro atoms. The average Bonchev–Trinajstić information content (AvgIpc) is 3.13. The Morgan fingerprint density at radius 1 is 1.47 bits per heavy atom. The number of piperidine rings is 1. The van der Waals surface area contributed by atoms with Crippen LogP contribution in [0.1, 0.15) is 69.3 Å². The highest BCUT2D eigenvalue weighted by atomic mass is 32.2. The number of nitrogens with one attached hydrogen (secondary N) is 1. The minimum absolute atomic E-state index is 0.109. The van der Waals surface area contributed by atoms with Crippen molar-refractivity contribution in [2.24, 2.45) is 0 Å². The first-order valence-electron chi connectivity index (χ1n) is 14.2. The molecule has 0 aromatic carbocycles. The number of aliphatic hydroxyl groups is 1. The van der Waals surface area contributed by atoms with Crippen LogP contribution in [-0.4, -0.2) is 63.3 Å². The van der Waals surface area contributed by atoms with Gasteiger partial charge in [0, 0.05) is 40.3 Å². The van der Waals surface area contributed by atoms with E-state index in [0.717, 1.165) is 10.8 Å². The van der Waals surface area contributed by atoms with Gasteiger partial charge in [0.1, 0.15) is 7.02 Å². The topological polar surface area (TPSA) is 117 Å². The highest BCUT2D eigenvalue weighted by Gasteiger charge is 2.40. The van der Waals surface area contributed by atoms with Crippen molar-refractivity contribution in [3.8, 4) is 0 Å². The summed E-state index contributed by atoms with van der Waals surface area (Å²) in [6.07, 6.45) is -12.3. The van der Waals surface area contributed by atoms with Crippen molar-refractivity contribution in [2.45, 2.75) is 63.0 Å². The molecule has 2 atom stereocenters. The van der Waals surface area contributed by atoms with Crippen molar-refractivity contribution in [2.75, 3.05) is 24.6 Å². The molecule has 1 saturated carbocycles. The smallest absolute Gasteiger partial charge is 0.269 e. The van der Waals surface area contributed by atoms with E-state index in [2.05, 4.69) is 15.3 Å². The lowest BCUT2D eigenvalue weighted by Gasteiger charge is -2.31. The zero-order valence-electron chi connectivity index (χ0n) is 25.9. The molecule has 2 aliphatic rings. The molecule has 0 bridgehead atoms. The van der Waals surface area contributed by atoms with Crippen LogP contribution in [0.5, 0.6) is 0 Å². The fourth-order valence-electron chi connectivity index (χ4n) is 3.97. The van der Waals surface area contributed by atoms with Gasteiger partial charge in [0.25, 0.3) is 12.0 Å². The summed E-state index contributed by atoms with van der Waals surface area (Å²) < 4.78 is 125. The molecule has 12 heteroatoms. The molecular weight excluding hydrogens is 444 g/mol. The Bertz CT molecular complexity index is 1530. The molecule has 3 heterocycles. The number of aromatic nitrogens is 3. The Labute approximate surface area is 197 Å². The fraction of sp³-hybridized carbons (Fsp3) is 0.650. The Kier molecular flexibility index (Phi) is 3.68. The summed E-state index contributed by atoms with van der Waals surface area (Å²) in [5.41, 5.74) is -4.37. The summed E-state index contributed by atoms with van der Waals surface area (Å²) in [6.45, 7) is -1.03. The second-order valence-electron chi connectivity index (χ2n) is 7.86. The van der Waals surface area contributed by atoms with Crippen molar-refractivity contribution in [3.63, 3.8) is 0 Å². The van der Waals surface area contributed by atoms with Crippen LogP contribution in [0.25, 0.3) is 11.0 Å². The predicted octanol–water partition coefficient (Wildman–Crippen LogP) is 2.04. The number of sulfonamides is 1. The SMILES string of the molecule is [2H]C(F)(F)c1cc2cnc(NC3([2H])C([2H])([2H])CN(S(=O)(=O)C([2H])([2H])[2H])CC3([2H])[2H])nc2n([C@H]2CCC[C@]2(C)O)c1=O.